The smallest absolute Gasteiger partial charge is 0.321 e. The van der Waals surface area contributed by atoms with Crippen molar-refractivity contribution in [1.29, 1.82) is 0 Å². The number of amides is 3. The van der Waals surface area contributed by atoms with E-state index in [1.165, 1.54) is 7.05 Å². The third kappa shape index (κ3) is 9.59. The fourth-order valence-electron chi connectivity index (χ4n) is 1.17. The summed E-state index contributed by atoms with van der Waals surface area (Å²) in [5.74, 6) is -0.552. The number of rotatable bonds is 8. The van der Waals surface area contributed by atoms with Crippen molar-refractivity contribution in [3.8, 4) is 0 Å². The second kappa shape index (κ2) is 10.5. The highest BCUT2D eigenvalue weighted by Crippen LogP contribution is 1.91. The van der Waals surface area contributed by atoms with E-state index in [0.29, 0.717) is 32.5 Å². The van der Waals surface area contributed by atoms with Gasteiger partial charge in [-0.05, 0) is 19.9 Å². The zero-order chi connectivity index (χ0) is 13.8. The van der Waals surface area contributed by atoms with Crippen molar-refractivity contribution in [1.82, 2.24) is 16.0 Å². The van der Waals surface area contributed by atoms with Gasteiger partial charge in [-0.15, -0.1) is 0 Å². The number of urea groups is 1. The summed E-state index contributed by atoms with van der Waals surface area (Å²) in [6, 6.07) is -0.512. The van der Waals surface area contributed by atoms with Crippen molar-refractivity contribution in [2.75, 3.05) is 26.7 Å². The first-order valence-corrected chi connectivity index (χ1v) is 5.98. The monoisotopic (exact) mass is 259 g/mol. The van der Waals surface area contributed by atoms with Crippen LogP contribution in [0.1, 0.15) is 26.2 Å². The highest BCUT2D eigenvalue weighted by atomic mass is 16.5. The van der Waals surface area contributed by atoms with Gasteiger partial charge in [-0.25, -0.2) is 4.79 Å². The molecule has 7 heteroatoms. The minimum atomic E-state index is -0.512. The van der Waals surface area contributed by atoms with Crippen LogP contribution in [0.3, 0.4) is 0 Å². The largest absolute Gasteiger partial charge is 0.466 e. The molecule has 0 fully saturated rings. The molecule has 0 saturated carbocycles. The van der Waals surface area contributed by atoms with Crippen molar-refractivity contribution < 1.29 is 19.1 Å². The number of ether oxygens (including phenoxy) is 1. The molecule has 0 spiro atoms. The molecule has 7 nitrogen and oxygen atoms in total. The predicted octanol–water partition coefficient (Wildman–Crippen LogP) is -0.235. The summed E-state index contributed by atoms with van der Waals surface area (Å²) < 4.78 is 4.77. The van der Waals surface area contributed by atoms with E-state index in [9.17, 15) is 14.4 Å². The summed E-state index contributed by atoms with van der Waals surface area (Å²) in [5.41, 5.74) is 0. The molecule has 18 heavy (non-hydrogen) atoms. The molecule has 0 rings (SSSR count). The molecule has 0 bridgehead atoms. The molecule has 3 amide bonds. The molecule has 0 saturated heterocycles. The highest BCUT2D eigenvalue weighted by molar-refractivity contribution is 5.94. The van der Waals surface area contributed by atoms with Gasteiger partial charge < -0.3 is 15.4 Å². The van der Waals surface area contributed by atoms with E-state index in [1.807, 2.05) is 0 Å². The van der Waals surface area contributed by atoms with Crippen LogP contribution in [0.25, 0.3) is 0 Å². The van der Waals surface area contributed by atoms with Crippen LogP contribution in [0.15, 0.2) is 0 Å². The minimum Gasteiger partial charge on any atom is -0.466 e. The summed E-state index contributed by atoms with van der Waals surface area (Å²) in [5, 5.41) is 7.45. The Morgan fingerprint density at radius 3 is 2.44 bits per heavy atom. The van der Waals surface area contributed by atoms with Gasteiger partial charge >= 0.3 is 12.0 Å². The minimum absolute atomic E-state index is 0.211. The second-order valence-corrected chi connectivity index (χ2v) is 3.54. The van der Waals surface area contributed by atoms with Crippen LogP contribution < -0.4 is 16.0 Å². The Hall–Kier alpha value is -1.63. The Labute approximate surface area is 107 Å². The molecule has 0 aliphatic carbocycles. The zero-order valence-electron chi connectivity index (χ0n) is 10.9. The topological polar surface area (TPSA) is 96.5 Å². The third-order valence-corrected chi connectivity index (χ3v) is 2.05. The molecule has 0 unspecified atom stereocenters. The fourth-order valence-corrected chi connectivity index (χ4v) is 1.17. The van der Waals surface area contributed by atoms with Crippen LogP contribution in [0, 0.1) is 0 Å². The Bertz CT molecular complexity index is 281. The van der Waals surface area contributed by atoms with Gasteiger partial charge in [0, 0.05) is 26.4 Å². The van der Waals surface area contributed by atoms with E-state index in [4.69, 9.17) is 4.74 Å². The predicted molar refractivity (Wildman–Crippen MR) is 66.0 cm³/mol. The second-order valence-electron chi connectivity index (χ2n) is 3.54. The van der Waals surface area contributed by atoms with Crippen LogP contribution in [0.2, 0.25) is 0 Å². The van der Waals surface area contributed by atoms with Crippen molar-refractivity contribution in [2.45, 2.75) is 26.2 Å². The summed E-state index contributed by atoms with van der Waals surface area (Å²) in [4.78, 5) is 32.9. The van der Waals surface area contributed by atoms with Crippen molar-refractivity contribution >= 4 is 17.9 Å². The van der Waals surface area contributed by atoms with Gasteiger partial charge in [-0.1, -0.05) is 0 Å². The number of nitrogens with one attached hydrogen (secondary N) is 3. The number of imide groups is 1. The Balaban J connectivity index is 3.37. The average molecular weight is 259 g/mol. The van der Waals surface area contributed by atoms with Gasteiger partial charge in [-0.3, -0.25) is 14.9 Å². The molecule has 0 heterocycles. The SMILES string of the molecule is CCOC(=O)CCCNCCC(=O)NC(=O)NC. The van der Waals surface area contributed by atoms with E-state index in [-0.39, 0.29) is 18.3 Å². The Morgan fingerprint density at radius 1 is 1.11 bits per heavy atom. The molecule has 0 radical (unpaired) electrons. The van der Waals surface area contributed by atoms with Gasteiger partial charge in [0.25, 0.3) is 0 Å². The molecule has 0 aromatic carbocycles. The highest BCUT2D eigenvalue weighted by Gasteiger charge is 2.05. The molecule has 0 aromatic rings. The first-order valence-electron chi connectivity index (χ1n) is 5.98. The number of esters is 1. The summed E-state index contributed by atoms with van der Waals surface area (Å²) in [7, 11) is 1.44. The number of carbonyl (C=O) groups is 3. The molecule has 3 N–H and O–H groups in total. The quantitative estimate of drug-likeness (QED) is 0.413. The van der Waals surface area contributed by atoms with E-state index < -0.39 is 6.03 Å². The van der Waals surface area contributed by atoms with Gasteiger partial charge in [0.05, 0.1) is 6.61 Å². The Kier molecular flexibility index (Phi) is 9.57. The molecule has 104 valence electrons. The van der Waals surface area contributed by atoms with E-state index in [1.54, 1.807) is 6.92 Å². The van der Waals surface area contributed by atoms with Crippen LogP contribution in [0.4, 0.5) is 4.79 Å². The zero-order valence-corrected chi connectivity index (χ0v) is 10.9. The summed E-state index contributed by atoms with van der Waals surface area (Å²) >= 11 is 0. The van der Waals surface area contributed by atoms with Crippen LogP contribution in [0.5, 0.6) is 0 Å². The maximum atomic E-state index is 11.2. The number of hydrogen-bond acceptors (Lipinski definition) is 5. The third-order valence-electron chi connectivity index (χ3n) is 2.05. The maximum absolute atomic E-state index is 11.2. The molecule has 0 aliphatic rings. The van der Waals surface area contributed by atoms with E-state index >= 15 is 0 Å². The molecule has 0 aliphatic heterocycles. The molecular formula is C11H21N3O4. The first kappa shape index (κ1) is 16.4. The van der Waals surface area contributed by atoms with Gasteiger partial charge in [0.1, 0.15) is 0 Å². The van der Waals surface area contributed by atoms with Crippen molar-refractivity contribution in [3.63, 3.8) is 0 Å². The number of carbonyl (C=O) groups excluding carboxylic acids is 3. The lowest BCUT2D eigenvalue weighted by molar-refractivity contribution is -0.143. The fraction of sp³-hybridized carbons (Fsp3) is 0.727. The average Bonchev–Trinajstić information content (AvgIpc) is 2.33. The van der Waals surface area contributed by atoms with E-state index in [2.05, 4.69) is 16.0 Å². The summed E-state index contributed by atoms with van der Waals surface area (Å²) in [6.45, 7) is 3.25. The first-order chi connectivity index (χ1) is 8.60. The van der Waals surface area contributed by atoms with Crippen LogP contribution in [-0.4, -0.2) is 44.7 Å². The van der Waals surface area contributed by atoms with Gasteiger partial charge in [-0.2, -0.15) is 0 Å². The van der Waals surface area contributed by atoms with Gasteiger partial charge in [0.15, 0.2) is 0 Å². The van der Waals surface area contributed by atoms with Crippen LogP contribution in [-0.2, 0) is 14.3 Å². The lowest BCUT2D eigenvalue weighted by atomic mass is 10.3. The molecular weight excluding hydrogens is 238 g/mol. The standard InChI is InChI=1S/C11H21N3O4/c1-3-18-10(16)5-4-7-13-8-6-9(15)14-11(17)12-2/h13H,3-8H2,1-2H3,(H2,12,14,15,17). The normalized spacial score (nSPS) is 9.67. The van der Waals surface area contributed by atoms with Gasteiger partial charge in [0.2, 0.25) is 5.91 Å². The van der Waals surface area contributed by atoms with E-state index in [0.717, 1.165) is 0 Å². The lowest BCUT2D eigenvalue weighted by Crippen LogP contribution is -2.38. The lowest BCUT2D eigenvalue weighted by Gasteiger charge is -2.05. The number of hydrogen-bond donors (Lipinski definition) is 3. The summed E-state index contributed by atoms with van der Waals surface area (Å²) in [6.07, 6.45) is 1.24. The Morgan fingerprint density at radius 2 is 1.83 bits per heavy atom. The molecule has 0 atom stereocenters. The van der Waals surface area contributed by atoms with Crippen molar-refractivity contribution in [3.05, 3.63) is 0 Å². The van der Waals surface area contributed by atoms with Crippen molar-refractivity contribution in [2.24, 2.45) is 0 Å². The molecule has 0 aromatic heterocycles. The van der Waals surface area contributed by atoms with Crippen LogP contribution >= 0.6 is 0 Å². The maximum Gasteiger partial charge on any atom is 0.321 e.